The molecule has 1 aromatic rings. The van der Waals surface area contributed by atoms with Gasteiger partial charge in [-0.1, -0.05) is 6.07 Å². The second-order valence-electron chi connectivity index (χ2n) is 2.39. The van der Waals surface area contributed by atoms with Gasteiger partial charge in [0.15, 0.2) is 0 Å². The van der Waals surface area contributed by atoms with Gasteiger partial charge in [-0.15, -0.1) is 0 Å². The Morgan fingerprint density at radius 2 is 1.92 bits per heavy atom. The van der Waals surface area contributed by atoms with Crippen LogP contribution in [0.25, 0.3) is 0 Å². The zero-order valence-corrected chi connectivity index (χ0v) is 11.6. The van der Waals surface area contributed by atoms with Gasteiger partial charge in [0.05, 0.1) is 4.90 Å². The molecule has 0 aliphatic carbocycles. The van der Waals surface area contributed by atoms with Crippen LogP contribution in [0.15, 0.2) is 27.6 Å². The number of benzene rings is 1. The topological polar surface area (TPSA) is 57.2 Å². The minimum Gasteiger partial charge on any atom is -0.744 e. The van der Waals surface area contributed by atoms with Gasteiger partial charge in [0.2, 0.25) is 0 Å². The van der Waals surface area contributed by atoms with Crippen LogP contribution in [0.2, 0.25) is 0 Å². The third-order valence-corrected chi connectivity index (χ3v) is 3.19. The zero-order valence-electron chi connectivity index (χ0n) is 7.24. The van der Waals surface area contributed by atoms with Gasteiger partial charge in [0.1, 0.15) is 10.1 Å². The molecule has 6 heteroatoms. The van der Waals surface area contributed by atoms with E-state index in [-0.39, 0.29) is 34.5 Å². The molecule has 0 aliphatic rings. The van der Waals surface area contributed by atoms with Crippen LogP contribution in [0.4, 0.5) is 0 Å². The van der Waals surface area contributed by atoms with Crippen molar-refractivity contribution in [1.29, 1.82) is 0 Å². The Hall–Kier alpha value is 0.610. The second-order valence-corrected chi connectivity index (χ2v) is 4.59. The van der Waals surface area contributed by atoms with E-state index in [1.54, 1.807) is 19.1 Å². The van der Waals surface area contributed by atoms with Gasteiger partial charge >= 0.3 is 29.6 Å². The summed E-state index contributed by atoms with van der Waals surface area (Å²) >= 11 is 2.99. The van der Waals surface area contributed by atoms with Gasteiger partial charge in [-0.3, -0.25) is 0 Å². The molecule has 0 amide bonds. The maximum absolute atomic E-state index is 10.6. The van der Waals surface area contributed by atoms with Crippen LogP contribution in [0.1, 0.15) is 5.56 Å². The molecular weight excluding hydrogens is 267 g/mol. The molecule has 1 aromatic carbocycles. The fourth-order valence-corrected chi connectivity index (χ4v) is 2.28. The van der Waals surface area contributed by atoms with E-state index >= 15 is 0 Å². The van der Waals surface area contributed by atoms with Crippen molar-refractivity contribution in [2.45, 2.75) is 11.8 Å². The van der Waals surface area contributed by atoms with Crippen molar-refractivity contribution in [3.8, 4) is 0 Å². The standard InChI is InChI=1S/C7H7BrO3S.Na/c1-5-2-3-6(8)7(4-5)12(9,10)11;/h2-4H,1H3,(H,9,10,11);/q;+1/p-1. The Bertz CT molecular complexity index is 402. The maximum Gasteiger partial charge on any atom is 1.00 e. The predicted molar refractivity (Wildman–Crippen MR) is 46.8 cm³/mol. The van der Waals surface area contributed by atoms with E-state index in [9.17, 15) is 13.0 Å². The summed E-state index contributed by atoms with van der Waals surface area (Å²) in [5.41, 5.74) is 0.743. The molecule has 3 nitrogen and oxygen atoms in total. The van der Waals surface area contributed by atoms with Crippen molar-refractivity contribution in [2.24, 2.45) is 0 Å². The molecule has 0 aromatic heterocycles. The molecule has 0 N–H and O–H groups in total. The van der Waals surface area contributed by atoms with Crippen LogP contribution in [-0.4, -0.2) is 13.0 Å². The molecule has 0 heterocycles. The average Bonchev–Trinajstić information content (AvgIpc) is 1.92. The van der Waals surface area contributed by atoms with Gasteiger partial charge in [-0.05, 0) is 40.5 Å². The largest absolute Gasteiger partial charge is 1.00 e. The van der Waals surface area contributed by atoms with Crippen molar-refractivity contribution in [3.05, 3.63) is 28.2 Å². The molecule has 0 saturated heterocycles. The Morgan fingerprint density at radius 3 is 2.31 bits per heavy atom. The first-order chi connectivity index (χ1) is 5.41. The summed E-state index contributed by atoms with van der Waals surface area (Å²) in [6, 6.07) is 4.60. The van der Waals surface area contributed by atoms with E-state index in [2.05, 4.69) is 15.9 Å². The quantitative estimate of drug-likeness (QED) is 0.470. The van der Waals surface area contributed by atoms with E-state index in [0.717, 1.165) is 5.56 Å². The number of hydrogen-bond acceptors (Lipinski definition) is 3. The molecule has 0 radical (unpaired) electrons. The molecule has 0 bridgehead atoms. The summed E-state index contributed by atoms with van der Waals surface area (Å²) in [6.07, 6.45) is 0. The molecule has 0 fully saturated rings. The Labute approximate surface area is 108 Å². The minimum absolute atomic E-state index is 0. The number of aryl methyl sites for hydroxylation is 1. The van der Waals surface area contributed by atoms with Gasteiger partial charge in [0.25, 0.3) is 0 Å². The van der Waals surface area contributed by atoms with Gasteiger partial charge < -0.3 is 4.55 Å². The smallest absolute Gasteiger partial charge is 0.744 e. The summed E-state index contributed by atoms with van der Waals surface area (Å²) in [4.78, 5) is -0.206. The van der Waals surface area contributed by atoms with Crippen LogP contribution < -0.4 is 29.6 Å². The van der Waals surface area contributed by atoms with E-state index in [1.165, 1.54) is 6.07 Å². The molecular formula is C7H6BrNaO3S. The number of hydrogen-bond donors (Lipinski definition) is 0. The average molecular weight is 273 g/mol. The third kappa shape index (κ3) is 3.69. The maximum atomic E-state index is 10.6. The van der Waals surface area contributed by atoms with E-state index in [4.69, 9.17) is 0 Å². The van der Waals surface area contributed by atoms with E-state index in [0.29, 0.717) is 4.47 Å². The van der Waals surface area contributed by atoms with Crippen molar-refractivity contribution in [1.82, 2.24) is 0 Å². The summed E-state index contributed by atoms with van der Waals surface area (Å²) in [5.74, 6) is 0. The molecule has 0 atom stereocenters. The van der Waals surface area contributed by atoms with Crippen LogP contribution in [-0.2, 0) is 10.1 Å². The molecule has 0 unspecified atom stereocenters. The van der Waals surface area contributed by atoms with Gasteiger partial charge in [-0.2, -0.15) is 0 Å². The van der Waals surface area contributed by atoms with Crippen molar-refractivity contribution >= 4 is 26.0 Å². The van der Waals surface area contributed by atoms with Crippen LogP contribution in [0.3, 0.4) is 0 Å². The molecule has 13 heavy (non-hydrogen) atoms. The van der Waals surface area contributed by atoms with E-state index < -0.39 is 10.1 Å². The molecule has 0 saturated carbocycles. The van der Waals surface area contributed by atoms with Crippen molar-refractivity contribution in [3.63, 3.8) is 0 Å². The fraction of sp³-hybridized carbons (Fsp3) is 0.143. The Kier molecular flexibility index (Phi) is 5.14. The van der Waals surface area contributed by atoms with Crippen LogP contribution in [0, 0.1) is 6.92 Å². The summed E-state index contributed by atoms with van der Waals surface area (Å²) < 4.78 is 32.2. The van der Waals surface area contributed by atoms with Crippen LogP contribution in [0.5, 0.6) is 0 Å². The van der Waals surface area contributed by atoms with Crippen molar-refractivity contribution < 1.29 is 42.5 Å². The summed E-state index contributed by atoms with van der Waals surface area (Å²) in [5, 5.41) is 0. The number of halogens is 1. The molecule has 0 spiro atoms. The van der Waals surface area contributed by atoms with Crippen molar-refractivity contribution in [2.75, 3.05) is 0 Å². The normalized spacial score (nSPS) is 10.7. The first kappa shape index (κ1) is 13.6. The molecule has 0 aliphatic heterocycles. The monoisotopic (exact) mass is 272 g/mol. The first-order valence-electron chi connectivity index (χ1n) is 3.13. The molecule has 66 valence electrons. The Balaban J connectivity index is 0.00000144. The van der Waals surface area contributed by atoms with Gasteiger partial charge in [0, 0.05) is 4.47 Å². The minimum atomic E-state index is -4.35. The second kappa shape index (κ2) is 4.91. The SMILES string of the molecule is Cc1ccc(Br)c(S(=O)(=O)[O-])c1.[Na+]. The zero-order chi connectivity index (χ0) is 9.35. The predicted octanol–water partition coefficient (Wildman–Crippen LogP) is -1.33. The summed E-state index contributed by atoms with van der Waals surface area (Å²) in [7, 11) is -4.35. The summed E-state index contributed by atoms with van der Waals surface area (Å²) in [6.45, 7) is 1.72. The molecule has 1 rings (SSSR count). The first-order valence-corrected chi connectivity index (χ1v) is 5.33. The van der Waals surface area contributed by atoms with Gasteiger partial charge in [-0.25, -0.2) is 8.42 Å². The number of rotatable bonds is 1. The van der Waals surface area contributed by atoms with E-state index in [1.807, 2.05) is 0 Å². The Morgan fingerprint density at radius 1 is 1.38 bits per heavy atom. The fourth-order valence-electron chi connectivity index (χ4n) is 0.802. The third-order valence-electron chi connectivity index (χ3n) is 1.36. The van der Waals surface area contributed by atoms with Crippen LogP contribution >= 0.6 is 15.9 Å².